The normalized spacial score (nSPS) is 15.7. The second-order valence-corrected chi connectivity index (χ2v) is 9.19. The second kappa shape index (κ2) is 12.0. The molecule has 5 rings (SSSR count). The maximum atomic E-state index is 12.8. The molecule has 0 saturated heterocycles. The van der Waals surface area contributed by atoms with Crippen LogP contribution in [-0.4, -0.2) is 13.2 Å². The number of amides is 1. The van der Waals surface area contributed by atoms with Crippen molar-refractivity contribution in [2.75, 3.05) is 12.4 Å². The molecule has 5 heteroatoms. The van der Waals surface area contributed by atoms with E-state index in [-0.39, 0.29) is 18.7 Å². The number of benzene rings is 4. The third-order valence-electron chi connectivity index (χ3n) is 6.66. The minimum Gasteiger partial charge on any atom is -0.497 e. The highest BCUT2D eigenvalue weighted by atomic mass is 16.5. The van der Waals surface area contributed by atoms with Gasteiger partial charge in [0, 0.05) is 17.7 Å². The topological polar surface area (TPSA) is 59.6 Å². The van der Waals surface area contributed by atoms with Gasteiger partial charge in [-0.2, -0.15) is 0 Å². The summed E-state index contributed by atoms with van der Waals surface area (Å²) in [7, 11) is 1.66. The van der Waals surface area contributed by atoms with E-state index >= 15 is 0 Å². The fourth-order valence-corrected chi connectivity index (χ4v) is 4.69. The van der Waals surface area contributed by atoms with Crippen LogP contribution in [0.4, 0.5) is 10.5 Å². The molecule has 2 atom stereocenters. The summed E-state index contributed by atoms with van der Waals surface area (Å²) in [6.07, 6.45) is 0.833. The van der Waals surface area contributed by atoms with E-state index in [0.717, 1.165) is 39.3 Å². The lowest BCUT2D eigenvalue weighted by Crippen LogP contribution is -2.35. The number of para-hydroxylation sites is 1. The first-order valence-electron chi connectivity index (χ1n) is 12.7. The van der Waals surface area contributed by atoms with Gasteiger partial charge in [0.25, 0.3) is 0 Å². The van der Waals surface area contributed by atoms with Gasteiger partial charge in [-0.15, -0.1) is 0 Å². The Kier molecular flexibility index (Phi) is 7.91. The lowest BCUT2D eigenvalue weighted by atomic mass is 9.87. The molecule has 4 aromatic carbocycles. The predicted octanol–water partition coefficient (Wildman–Crippen LogP) is 6.81. The molecule has 1 amide bonds. The van der Waals surface area contributed by atoms with E-state index in [2.05, 4.69) is 46.7 Å². The van der Waals surface area contributed by atoms with E-state index in [9.17, 15) is 4.79 Å². The van der Waals surface area contributed by atoms with Gasteiger partial charge in [0.1, 0.15) is 12.4 Å². The standard InChI is InChI=1S/C33H30N2O3/c1-37-28-20-18-26(19-21-28)30-22-31(35-33(36)38-23-25-12-6-3-7-13-25)29-17-9-16-27(32(29)34-30)15-8-14-24-10-4-2-5-11-24/h2-7,9-13,16-21,30-31,34H,15,22-23H2,1H3,(H,35,36)/t30-,31-/m0/s1. The van der Waals surface area contributed by atoms with Gasteiger partial charge >= 0.3 is 6.09 Å². The highest BCUT2D eigenvalue weighted by molar-refractivity contribution is 5.70. The van der Waals surface area contributed by atoms with Crippen molar-refractivity contribution in [1.29, 1.82) is 0 Å². The first-order valence-corrected chi connectivity index (χ1v) is 12.7. The second-order valence-electron chi connectivity index (χ2n) is 9.19. The van der Waals surface area contributed by atoms with E-state index in [0.29, 0.717) is 12.8 Å². The molecule has 190 valence electrons. The predicted molar refractivity (Wildman–Crippen MR) is 150 cm³/mol. The monoisotopic (exact) mass is 502 g/mol. The van der Waals surface area contributed by atoms with Crippen molar-refractivity contribution >= 4 is 11.8 Å². The number of hydrogen-bond donors (Lipinski definition) is 2. The Labute approximate surface area is 223 Å². The van der Waals surface area contributed by atoms with Crippen molar-refractivity contribution in [2.45, 2.75) is 31.5 Å². The van der Waals surface area contributed by atoms with E-state index in [1.807, 2.05) is 78.9 Å². The lowest BCUT2D eigenvalue weighted by molar-refractivity contribution is 0.134. The minimum atomic E-state index is -0.436. The number of methoxy groups -OCH3 is 1. The highest BCUT2D eigenvalue weighted by Gasteiger charge is 2.30. The van der Waals surface area contributed by atoms with Crippen LogP contribution in [0.1, 0.15) is 46.3 Å². The summed E-state index contributed by atoms with van der Waals surface area (Å²) < 4.78 is 10.9. The number of nitrogens with one attached hydrogen (secondary N) is 2. The zero-order chi connectivity index (χ0) is 26.2. The van der Waals surface area contributed by atoms with Crippen LogP contribution in [0.2, 0.25) is 0 Å². The fourth-order valence-electron chi connectivity index (χ4n) is 4.69. The minimum absolute atomic E-state index is 0.00365. The van der Waals surface area contributed by atoms with Crippen molar-refractivity contribution < 1.29 is 14.3 Å². The molecular weight excluding hydrogens is 472 g/mol. The largest absolute Gasteiger partial charge is 0.497 e. The summed E-state index contributed by atoms with van der Waals surface area (Å²) in [6.45, 7) is 0.224. The van der Waals surface area contributed by atoms with Crippen molar-refractivity contribution in [3.8, 4) is 17.6 Å². The number of rotatable bonds is 6. The molecule has 1 aliphatic heterocycles. The molecule has 1 aliphatic rings. The van der Waals surface area contributed by atoms with Gasteiger partial charge in [-0.3, -0.25) is 0 Å². The summed E-state index contributed by atoms with van der Waals surface area (Å²) in [6, 6.07) is 33.6. The molecule has 0 radical (unpaired) electrons. The number of carbonyl (C=O) groups is 1. The SMILES string of the molecule is COc1ccc([C@@H]2C[C@H](NC(=O)OCc3ccccc3)c3cccc(CC#Cc4ccccc4)c3N2)cc1. The summed E-state index contributed by atoms with van der Waals surface area (Å²) >= 11 is 0. The van der Waals surface area contributed by atoms with Crippen LogP contribution < -0.4 is 15.4 Å². The van der Waals surface area contributed by atoms with E-state index < -0.39 is 6.09 Å². The Morgan fingerprint density at radius 2 is 1.66 bits per heavy atom. The van der Waals surface area contributed by atoms with Crippen molar-refractivity contribution in [3.05, 3.63) is 131 Å². The van der Waals surface area contributed by atoms with Gasteiger partial charge < -0.3 is 20.1 Å². The molecule has 0 saturated carbocycles. The van der Waals surface area contributed by atoms with Crippen molar-refractivity contribution in [3.63, 3.8) is 0 Å². The summed E-state index contributed by atoms with van der Waals surface area (Å²) in [5.41, 5.74) is 6.19. The van der Waals surface area contributed by atoms with Crippen molar-refractivity contribution in [2.24, 2.45) is 0 Å². The molecule has 0 aliphatic carbocycles. The van der Waals surface area contributed by atoms with E-state index in [1.165, 1.54) is 0 Å². The molecule has 0 unspecified atom stereocenters. The Balaban J connectivity index is 1.39. The van der Waals surface area contributed by atoms with E-state index in [4.69, 9.17) is 9.47 Å². The zero-order valence-corrected chi connectivity index (χ0v) is 21.3. The van der Waals surface area contributed by atoms with Gasteiger partial charge in [-0.1, -0.05) is 90.7 Å². The van der Waals surface area contributed by atoms with Gasteiger partial charge in [0.05, 0.1) is 19.2 Å². The quantitative estimate of drug-likeness (QED) is 0.284. The van der Waals surface area contributed by atoms with Crippen LogP contribution in [0.5, 0.6) is 5.75 Å². The van der Waals surface area contributed by atoms with Crippen LogP contribution in [0.15, 0.2) is 103 Å². The van der Waals surface area contributed by atoms with Crippen LogP contribution in [0.3, 0.4) is 0 Å². The number of carbonyl (C=O) groups excluding carboxylic acids is 1. The van der Waals surface area contributed by atoms with Crippen LogP contribution >= 0.6 is 0 Å². The third kappa shape index (κ3) is 6.16. The van der Waals surface area contributed by atoms with E-state index in [1.54, 1.807) is 7.11 Å². The number of fused-ring (bicyclic) bond motifs is 1. The number of ether oxygens (including phenoxy) is 2. The maximum Gasteiger partial charge on any atom is 0.407 e. The highest BCUT2D eigenvalue weighted by Crippen LogP contribution is 2.41. The zero-order valence-electron chi connectivity index (χ0n) is 21.3. The lowest BCUT2D eigenvalue weighted by Gasteiger charge is -2.35. The number of anilines is 1. The Hall–Kier alpha value is -4.69. The molecule has 4 aromatic rings. The van der Waals surface area contributed by atoms with Crippen molar-refractivity contribution in [1.82, 2.24) is 5.32 Å². The van der Waals surface area contributed by atoms with Gasteiger partial charge in [-0.05, 0) is 52.9 Å². The van der Waals surface area contributed by atoms with Gasteiger partial charge in [0.15, 0.2) is 0 Å². The molecular formula is C33H30N2O3. The Morgan fingerprint density at radius 1 is 0.921 bits per heavy atom. The molecule has 0 fully saturated rings. The Bertz CT molecular complexity index is 1420. The molecule has 2 N–H and O–H groups in total. The summed E-state index contributed by atoms with van der Waals surface area (Å²) in [4.78, 5) is 12.8. The third-order valence-corrected chi connectivity index (χ3v) is 6.66. The number of alkyl carbamates (subject to hydrolysis) is 1. The Morgan fingerprint density at radius 3 is 2.39 bits per heavy atom. The number of hydrogen-bond acceptors (Lipinski definition) is 4. The van der Waals surface area contributed by atoms with Crippen LogP contribution in [0, 0.1) is 11.8 Å². The summed E-state index contributed by atoms with van der Waals surface area (Å²) in [5.74, 6) is 7.37. The first kappa shape index (κ1) is 25.0. The van der Waals surface area contributed by atoms with Crippen LogP contribution in [0.25, 0.3) is 0 Å². The fraction of sp³-hybridized carbons (Fsp3) is 0.182. The summed E-state index contributed by atoms with van der Waals surface area (Å²) in [5, 5.41) is 6.84. The average Bonchev–Trinajstić information content (AvgIpc) is 2.97. The molecule has 38 heavy (non-hydrogen) atoms. The molecule has 0 bridgehead atoms. The molecule has 0 spiro atoms. The first-order chi connectivity index (χ1) is 18.7. The van der Waals surface area contributed by atoms with Crippen LogP contribution in [-0.2, 0) is 17.8 Å². The molecule has 5 nitrogen and oxygen atoms in total. The maximum absolute atomic E-state index is 12.8. The molecule has 0 aromatic heterocycles. The smallest absolute Gasteiger partial charge is 0.407 e. The van der Waals surface area contributed by atoms with Gasteiger partial charge in [0.2, 0.25) is 0 Å². The van der Waals surface area contributed by atoms with Gasteiger partial charge in [-0.25, -0.2) is 4.79 Å². The average molecular weight is 503 g/mol. The molecule has 1 heterocycles.